The lowest BCUT2D eigenvalue weighted by Crippen LogP contribution is -2.47. The number of rotatable bonds is 8. The number of carbonyl (C=O) groups excluding carboxylic acids is 1. The number of sulfonamides is 1. The molecule has 5 aromatic rings. The largest absolute Gasteiger partial charge is 0.462 e. The normalized spacial score (nSPS) is 13.4. The third-order valence-electron chi connectivity index (χ3n) is 7.49. The number of nitrogens with zero attached hydrogens (tertiary/aromatic N) is 6. The molecule has 11 nitrogen and oxygen atoms in total. The van der Waals surface area contributed by atoms with Gasteiger partial charge in [0.15, 0.2) is 5.82 Å². The molecular weight excluding hydrogens is 658 g/mol. The number of ether oxygens (including phenoxy) is 1. The second-order valence-corrected chi connectivity index (χ2v) is 12.8. The van der Waals surface area contributed by atoms with E-state index in [2.05, 4.69) is 35.4 Å². The second kappa shape index (κ2) is 12.6. The number of para-hydroxylation sites is 2. The van der Waals surface area contributed by atoms with Crippen LogP contribution < -0.4 is 14.5 Å². The summed E-state index contributed by atoms with van der Waals surface area (Å²) in [6.07, 6.45) is 4.98. The summed E-state index contributed by atoms with van der Waals surface area (Å²) in [5.74, 6) is -0.0494. The van der Waals surface area contributed by atoms with Gasteiger partial charge in [0.05, 0.1) is 45.7 Å². The summed E-state index contributed by atoms with van der Waals surface area (Å²) in [5.41, 5.74) is 3.20. The first-order chi connectivity index (χ1) is 21.8. The van der Waals surface area contributed by atoms with Crippen molar-refractivity contribution in [2.75, 3.05) is 47.3 Å². The van der Waals surface area contributed by atoms with Crippen LogP contribution in [0.2, 0.25) is 0 Å². The summed E-state index contributed by atoms with van der Waals surface area (Å²) >= 11 is 3.58. The van der Waals surface area contributed by atoms with Gasteiger partial charge in [-0.25, -0.2) is 23.2 Å². The molecule has 1 N–H and O–H groups in total. The number of pyridine rings is 1. The Bertz CT molecular complexity index is 2040. The topological polar surface area (TPSA) is 133 Å². The molecule has 0 bridgehead atoms. The second-order valence-electron chi connectivity index (χ2n) is 10.2. The van der Waals surface area contributed by atoms with Crippen molar-refractivity contribution in [1.82, 2.24) is 14.5 Å². The molecule has 228 valence electrons. The number of anilines is 3. The van der Waals surface area contributed by atoms with Gasteiger partial charge in [-0.15, -0.1) is 0 Å². The summed E-state index contributed by atoms with van der Waals surface area (Å²) in [6.45, 7) is 4.13. The van der Waals surface area contributed by atoms with Crippen molar-refractivity contribution in [1.29, 1.82) is 5.26 Å². The number of nitriles is 1. The zero-order valence-corrected chi connectivity index (χ0v) is 26.6. The number of benzene rings is 3. The van der Waals surface area contributed by atoms with Crippen LogP contribution in [0.15, 0.2) is 94.8 Å². The molecule has 3 heterocycles. The van der Waals surface area contributed by atoms with E-state index in [1.54, 1.807) is 54.5 Å². The van der Waals surface area contributed by atoms with Crippen LogP contribution in [0.25, 0.3) is 16.7 Å². The molecule has 0 spiro atoms. The highest BCUT2D eigenvalue weighted by Gasteiger charge is 2.30. The van der Waals surface area contributed by atoms with E-state index in [0.29, 0.717) is 48.8 Å². The number of nitrogens with one attached hydrogen (secondary N) is 1. The van der Waals surface area contributed by atoms with Crippen molar-refractivity contribution in [3.05, 3.63) is 101 Å². The minimum Gasteiger partial charge on any atom is -0.462 e. The van der Waals surface area contributed by atoms with Crippen molar-refractivity contribution in [2.45, 2.75) is 11.8 Å². The molecule has 0 saturated carbocycles. The average molecular weight is 687 g/mol. The first-order valence-corrected chi connectivity index (χ1v) is 16.5. The van der Waals surface area contributed by atoms with Crippen LogP contribution in [-0.2, 0) is 14.8 Å². The molecule has 1 saturated heterocycles. The Labute approximate surface area is 268 Å². The number of aromatic nitrogens is 3. The van der Waals surface area contributed by atoms with Gasteiger partial charge in [-0.05, 0) is 55.5 Å². The van der Waals surface area contributed by atoms with E-state index < -0.39 is 16.0 Å². The maximum atomic E-state index is 13.5. The number of hydrogen-bond donors (Lipinski definition) is 1. The van der Waals surface area contributed by atoms with Gasteiger partial charge < -0.3 is 14.5 Å². The van der Waals surface area contributed by atoms with Gasteiger partial charge in [0.2, 0.25) is 0 Å². The van der Waals surface area contributed by atoms with E-state index in [1.165, 1.54) is 12.1 Å². The predicted octanol–water partition coefficient (Wildman–Crippen LogP) is 5.36. The number of imidazole rings is 1. The van der Waals surface area contributed by atoms with Gasteiger partial charge in [-0.1, -0.05) is 34.1 Å². The molecule has 45 heavy (non-hydrogen) atoms. The standard InChI is InChI=1S/C32H28BrN7O4S/c1-2-44-32(41)29-30(25-19-23(33)10-11-26(25)36-31(29)40-13-12-35-21-40)39-16-14-38(15-17-39)28-9-4-3-8-27(28)37-45(42,43)24-7-5-6-22(18-24)20-34/h3-13,18-19,21,37H,2,14-17H2,1H3. The highest BCUT2D eigenvalue weighted by Crippen LogP contribution is 2.37. The number of esters is 1. The van der Waals surface area contributed by atoms with Crippen LogP contribution >= 0.6 is 15.9 Å². The Balaban J connectivity index is 1.34. The van der Waals surface area contributed by atoms with E-state index >= 15 is 0 Å². The molecule has 13 heteroatoms. The zero-order valence-electron chi connectivity index (χ0n) is 24.2. The third kappa shape index (κ3) is 6.07. The maximum absolute atomic E-state index is 13.5. The quantitative estimate of drug-likeness (QED) is 0.214. The van der Waals surface area contributed by atoms with Crippen molar-refractivity contribution >= 4 is 59.9 Å². The smallest absolute Gasteiger partial charge is 0.344 e. The van der Waals surface area contributed by atoms with E-state index in [-0.39, 0.29) is 17.1 Å². The molecule has 0 unspecified atom stereocenters. The van der Waals surface area contributed by atoms with Crippen molar-refractivity contribution in [2.24, 2.45) is 0 Å². The predicted molar refractivity (Wildman–Crippen MR) is 175 cm³/mol. The van der Waals surface area contributed by atoms with Crippen LogP contribution in [0.5, 0.6) is 0 Å². The zero-order chi connectivity index (χ0) is 31.6. The van der Waals surface area contributed by atoms with Crippen molar-refractivity contribution in [3.63, 3.8) is 0 Å². The van der Waals surface area contributed by atoms with Crippen LogP contribution in [0.3, 0.4) is 0 Å². The molecule has 2 aromatic heterocycles. The molecule has 1 fully saturated rings. The lowest BCUT2D eigenvalue weighted by Gasteiger charge is -2.39. The minimum absolute atomic E-state index is 0.0112. The lowest BCUT2D eigenvalue weighted by atomic mass is 10.1. The van der Waals surface area contributed by atoms with Crippen LogP contribution in [0.1, 0.15) is 22.8 Å². The van der Waals surface area contributed by atoms with E-state index in [1.807, 2.05) is 36.4 Å². The van der Waals surface area contributed by atoms with Crippen molar-refractivity contribution in [3.8, 4) is 11.9 Å². The number of hydrogen-bond acceptors (Lipinski definition) is 9. The molecule has 0 aliphatic carbocycles. The van der Waals surface area contributed by atoms with E-state index in [9.17, 15) is 18.5 Å². The maximum Gasteiger partial charge on any atom is 0.344 e. The first kappa shape index (κ1) is 30.1. The molecule has 3 aromatic carbocycles. The SMILES string of the molecule is CCOC(=O)c1c(-n2ccnc2)nc2ccc(Br)cc2c1N1CCN(c2ccccc2NS(=O)(=O)c2cccc(C#N)c2)CC1. The molecule has 6 rings (SSSR count). The number of piperazine rings is 1. The number of fused-ring (bicyclic) bond motifs is 1. The van der Waals surface area contributed by atoms with Gasteiger partial charge in [0.1, 0.15) is 11.9 Å². The number of carbonyl (C=O) groups is 1. The Morgan fingerprint density at radius 2 is 1.82 bits per heavy atom. The number of halogens is 1. The van der Waals surface area contributed by atoms with Gasteiger partial charge in [0, 0.05) is 48.4 Å². The van der Waals surface area contributed by atoms with Gasteiger partial charge in [-0.2, -0.15) is 5.26 Å². The third-order valence-corrected chi connectivity index (χ3v) is 9.34. The molecular formula is C32H28BrN7O4S. The fourth-order valence-electron chi connectivity index (χ4n) is 5.44. The minimum atomic E-state index is -3.94. The summed E-state index contributed by atoms with van der Waals surface area (Å²) in [4.78, 5) is 26.8. The monoisotopic (exact) mass is 685 g/mol. The fourth-order valence-corrected chi connectivity index (χ4v) is 6.92. The van der Waals surface area contributed by atoms with Gasteiger partial charge in [0.25, 0.3) is 10.0 Å². The van der Waals surface area contributed by atoms with Crippen molar-refractivity contribution < 1.29 is 17.9 Å². The molecule has 0 radical (unpaired) electrons. The molecule has 1 aliphatic heterocycles. The molecule has 1 aliphatic rings. The summed E-state index contributed by atoms with van der Waals surface area (Å²) < 4.78 is 37.3. The van der Waals surface area contributed by atoms with Gasteiger partial charge in [-0.3, -0.25) is 9.29 Å². The van der Waals surface area contributed by atoms with E-state index in [4.69, 9.17) is 9.72 Å². The molecule has 0 amide bonds. The summed E-state index contributed by atoms with van der Waals surface area (Å²) in [6, 6.07) is 20.9. The Kier molecular flexibility index (Phi) is 8.42. The summed E-state index contributed by atoms with van der Waals surface area (Å²) in [7, 11) is -3.94. The van der Waals surface area contributed by atoms with Crippen LogP contribution in [0, 0.1) is 11.3 Å². The molecule has 0 atom stereocenters. The van der Waals surface area contributed by atoms with Crippen LogP contribution in [-0.4, -0.2) is 61.7 Å². The highest BCUT2D eigenvalue weighted by molar-refractivity contribution is 9.10. The first-order valence-electron chi connectivity index (χ1n) is 14.2. The highest BCUT2D eigenvalue weighted by atomic mass is 79.9. The Morgan fingerprint density at radius 3 is 2.56 bits per heavy atom. The Morgan fingerprint density at radius 1 is 1.04 bits per heavy atom. The average Bonchev–Trinajstić information content (AvgIpc) is 3.59. The fraction of sp³-hybridized carbons (Fsp3) is 0.188. The lowest BCUT2D eigenvalue weighted by molar-refractivity contribution is 0.0526. The van der Waals surface area contributed by atoms with Gasteiger partial charge >= 0.3 is 5.97 Å². The van der Waals surface area contributed by atoms with E-state index in [0.717, 1.165) is 21.2 Å². The van der Waals surface area contributed by atoms with Crippen LogP contribution in [0.4, 0.5) is 17.1 Å². The Hall–Kier alpha value is -4.93. The summed E-state index contributed by atoms with van der Waals surface area (Å²) in [5, 5.41) is 10.0.